The monoisotopic (exact) mass is 455 g/mol. The highest BCUT2D eigenvalue weighted by Crippen LogP contribution is 2.33. The molecular formula is C19H22ClN3O8. The number of hydrogen-bond donors (Lipinski definition) is 3. The lowest BCUT2D eigenvalue weighted by Gasteiger charge is -2.23. The minimum absolute atomic E-state index is 0.0380. The topological polar surface area (TPSA) is 163 Å². The van der Waals surface area contributed by atoms with Crippen molar-refractivity contribution in [3.8, 4) is 5.75 Å². The van der Waals surface area contributed by atoms with E-state index in [1.54, 1.807) is 6.92 Å². The van der Waals surface area contributed by atoms with Crippen molar-refractivity contribution in [1.29, 1.82) is 0 Å². The summed E-state index contributed by atoms with van der Waals surface area (Å²) in [6, 6.07) is 2.96. The number of nitrogens with zero attached hydrogens (tertiary/aromatic N) is 2. The molecule has 0 aliphatic heterocycles. The van der Waals surface area contributed by atoms with Crippen LogP contribution in [0, 0.1) is 0 Å². The third kappa shape index (κ3) is 5.25. The second-order valence-electron chi connectivity index (χ2n) is 6.99. The number of esters is 1. The predicted molar refractivity (Wildman–Crippen MR) is 108 cm³/mol. The fourth-order valence-electron chi connectivity index (χ4n) is 2.68. The van der Waals surface area contributed by atoms with Gasteiger partial charge in [0.2, 0.25) is 5.89 Å². The molecule has 4 N–H and O–H groups in total. The van der Waals surface area contributed by atoms with E-state index in [-0.39, 0.29) is 35.9 Å². The van der Waals surface area contributed by atoms with Gasteiger partial charge in [-0.05, 0) is 13.0 Å². The van der Waals surface area contributed by atoms with Crippen molar-refractivity contribution in [1.82, 2.24) is 9.55 Å². The number of benzene rings is 1. The normalized spacial score (nSPS) is 12.8. The summed E-state index contributed by atoms with van der Waals surface area (Å²) in [7, 11) is 0. The molecule has 1 unspecified atom stereocenters. The minimum Gasteiger partial charge on any atom is -0.479 e. The number of carbonyl (C=O) groups excluding carboxylic acids is 1. The number of hydrogen-bond acceptors (Lipinski definition) is 10. The Labute approximate surface area is 180 Å². The van der Waals surface area contributed by atoms with E-state index in [0.717, 1.165) is 0 Å². The largest absolute Gasteiger partial charge is 0.479 e. The van der Waals surface area contributed by atoms with Gasteiger partial charge in [-0.1, -0.05) is 11.6 Å². The second kappa shape index (κ2) is 9.52. The van der Waals surface area contributed by atoms with E-state index in [9.17, 15) is 9.59 Å². The number of ether oxygens (including phenoxy) is 2. The Kier molecular flexibility index (Phi) is 7.01. The molecule has 2 aromatic heterocycles. The van der Waals surface area contributed by atoms with E-state index < -0.39 is 36.6 Å². The number of halogens is 1. The van der Waals surface area contributed by atoms with E-state index in [1.807, 2.05) is 0 Å². The van der Waals surface area contributed by atoms with Crippen LogP contribution in [-0.4, -0.2) is 51.1 Å². The van der Waals surface area contributed by atoms with E-state index in [4.69, 9.17) is 45.9 Å². The molecule has 1 atom stereocenters. The van der Waals surface area contributed by atoms with E-state index in [2.05, 4.69) is 4.98 Å². The van der Waals surface area contributed by atoms with Gasteiger partial charge in [-0.25, -0.2) is 9.78 Å². The molecule has 168 valence electrons. The predicted octanol–water partition coefficient (Wildman–Crippen LogP) is 0.991. The maximum atomic E-state index is 12.2. The molecule has 12 heteroatoms. The average Bonchev–Trinajstić information content (AvgIpc) is 3.39. The van der Waals surface area contributed by atoms with Gasteiger partial charge in [-0.15, -0.1) is 0 Å². The molecule has 0 aliphatic carbocycles. The van der Waals surface area contributed by atoms with Gasteiger partial charge in [0.05, 0.1) is 41.9 Å². The summed E-state index contributed by atoms with van der Waals surface area (Å²) >= 11 is 6.30. The summed E-state index contributed by atoms with van der Waals surface area (Å²) in [6.45, 7) is 0.210. The number of nitrogens with two attached hydrogens (primary N) is 1. The molecule has 0 bridgehead atoms. The third-order valence-corrected chi connectivity index (χ3v) is 4.81. The van der Waals surface area contributed by atoms with Crippen molar-refractivity contribution >= 4 is 28.7 Å². The van der Waals surface area contributed by atoms with Gasteiger partial charge in [-0.3, -0.25) is 9.36 Å². The number of oxazole rings is 2. The number of carbonyl (C=O) groups is 1. The zero-order valence-electron chi connectivity index (χ0n) is 16.6. The van der Waals surface area contributed by atoms with E-state index in [0.29, 0.717) is 11.4 Å². The van der Waals surface area contributed by atoms with Crippen LogP contribution in [0.15, 0.2) is 38.2 Å². The Morgan fingerprint density at radius 2 is 2.13 bits per heavy atom. The van der Waals surface area contributed by atoms with Crippen molar-refractivity contribution in [3.05, 3.63) is 46.1 Å². The van der Waals surface area contributed by atoms with Gasteiger partial charge >= 0.3 is 11.7 Å². The van der Waals surface area contributed by atoms with Crippen molar-refractivity contribution in [2.75, 3.05) is 19.8 Å². The molecule has 0 radical (unpaired) electrons. The fraction of sp³-hybridized carbons (Fsp3) is 0.421. The highest BCUT2D eigenvalue weighted by Gasteiger charge is 2.25. The maximum Gasteiger partial charge on any atom is 0.419 e. The average molecular weight is 456 g/mol. The van der Waals surface area contributed by atoms with Gasteiger partial charge in [-0.2, -0.15) is 0 Å². The van der Waals surface area contributed by atoms with Crippen LogP contribution in [0.2, 0.25) is 5.02 Å². The Morgan fingerprint density at radius 1 is 1.39 bits per heavy atom. The first-order chi connectivity index (χ1) is 14.8. The highest BCUT2D eigenvalue weighted by molar-refractivity contribution is 6.32. The van der Waals surface area contributed by atoms with Crippen molar-refractivity contribution in [3.63, 3.8) is 0 Å². The third-order valence-electron chi connectivity index (χ3n) is 4.51. The van der Waals surface area contributed by atoms with Crippen molar-refractivity contribution in [2.24, 2.45) is 5.73 Å². The quantitative estimate of drug-likeness (QED) is 0.375. The lowest BCUT2D eigenvalue weighted by molar-refractivity contribution is -0.146. The molecule has 0 spiro atoms. The second-order valence-corrected chi connectivity index (χ2v) is 7.40. The van der Waals surface area contributed by atoms with Crippen LogP contribution < -0.4 is 16.2 Å². The Balaban J connectivity index is 1.71. The first-order valence-corrected chi connectivity index (χ1v) is 9.69. The summed E-state index contributed by atoms with van der Waals surface area (Å²) in [6.07, 6.45) is 2.22. The number of aliphatic hydroxyl groups is 2. The summed E-state index contributed by atoms with van der Waals surface area (Å²) in [5.41, 5.74) is 4.81. The summed E-state index contributed by atoms with van der Waals surface area (Å²) in [5, 5.41) is 18.5. The van der Waals surface area contributed by atoms with E-state index >= 15 is 0 Å². The molecule has 3 aromatic rings. The standard InChI is InChI=1S/C19H22ClN3O8/c1-11(17-22-3-5-28-17)30-14-7-15-13(6-12(14)20)23(18(27)31-15)4-2-16(26)29-10-19(21,8-24)9-25/h3,5-7,11,24-25H,2,4,8-10,21H2,1H3. The molecule has 11 nitrogen and oxygen atoms in total. The van der Waals surface area contributed by atoms with Crippen LogP contribution >= 0.6 is 11.6 Å². The number of fused-ring (bicyclic) bond motifs is 1. The Hall–Kier alpha value is -2.86. The highest BCUT2D eigenvalue weighted by atomic mass is 35.5. The molecular weight excluding hydrogens is 434 g/mol. The van der Waals surface area contributed by atoms with Gasteiger partial charge in [0.25, 0.3) is 0 Å². The summed E-state index contributed by atoms with van der Waals surface area (Å²) < 4.78 is 22.4. The molecule has 0 aliphatic rings. The molecule has 0 amide bonds. The molecule has 0 saturated carbocycles. The zero-order chi connectivity index (χ0) is 22.6. The first kappa shape index (κ1) is 22.8. The summed E-state index contributed by atoms with van der Waals surface area (Å²) in [5.74, 6) is -0.718. The van der Waals surface area contributed by atoms with Gasteiger partial charge < -0.3 is 34.3 Å². The lowest BCUT2D eigenvalue weighted by atomic mass is 10.1. The van der Waals surface area contributed by atoms with Crippen LogP contribution in [0.3, 0.4) is 0 Å². The van der Waals surface area contributed by atoms with Gasteiger partial charge in [0.15, 0.2) is 11.7 Å². The van der Waals surface area contributed by atoms with Crippen LogP contribution in [0.4, 0.5) is 0 Å². The van der Waals surface area contributed by atoms with Gasteiger partial charge in [0, 0.05) is 12.6 Å². The Bertz CT molecular complexity index is 1090. The number of aromatic nitrogens is 2. The molecule has 1 aromatic carbocycles. The van der Waals surface area contributed by atoms with E-state index in [1.165, 1.54) is 29.2 Å². The smallest absolute Gasteiger partial charge is 0.419 e. The fourth-order valence-corrected chi connectivity index (χ4v) is 2.89. The summed E-state index contributed by atoms with van der Waals surface area (Å²) in [4.78, 5) is 28.2. The lowest BCUT2D eigenvalue weighted by Crippen LogP contribution is -2.51. The van der Waals surface area contributed by atoms with Crippen LogP contribution in [0.5, 0.6) is 5.75 Å². The molecule has 0 saturated heterocycles. The SMILES string of the molecule is CC(Oc1cc2oc(=O)n(CCC(=O)OCC(N)(CO)CO)c2cc1Cl)c1ncco1. The molecule has 3 rings (SSSR count). The van der Waals surface area contributed by atoms with Crippen LogP contribution in [0.25, 0.3) is 11.1 Å². The Morgan fingerprint density at radius 3 is 2.77 bits per heavy atom. The van der Waals surface area contributed by atoms with Gasteiger partial charge in [0.1, 0.15) is 18.6 Å². The first-order valence-electron chi connectivity index (χ1n) is 9.31. The number of aryl methyl sites for hydroxylation is 1. The molecule has 2 heterocycles. The number of aliphatic hydroxyl groups excluding tert-OH is 2. The van der Waals surface area contributed by atoms with Crippen LogP contribution in [0.1, 0.15) is 25.3 Å². The maximum absolute atomic E-state index is 12.2. The number of rotatable bonds is 10. The zero-order valence-corrected chi connectivity index (χ0v) is 17.4. The molecule has 31 heavy (non-hydrogen) atoms. The molecule has 0 fully saturated rings. The van der Waals surface area contributed by atoms with Crippen LogP contribution in [-0.2, 0) is 16.1 Å². The van der Waals surface area contributed by atoms with Crippen molar-refractivity contribution < 1.29 is 33.3 Å². The minimum atomic E-state index is -1.43. The van der Waals surface area contributed by atoms with Crippen molar-refractivity contribution in [2.45, 2.75) is 31.5 Å².